The van der Waals surface area contributed by atoms with Crippen LogP contribution in [0.25, 0.3) is 0 Å². The Morgan fingerprint density at radius 2 is 2.05 bits per heavy atom. The first-order chi connectivity index (χ1) is 9.53. The van der Waals surface area contributed by atoms with Gasteiger partial charge < -0.3 is 10.2 Å². The van der Waals surface area contributed by atoms with Crippen LogP contribution in [0.2, 0.25) is 0 Å². The molecule has 0 radical (unpaired) electrons. The molecule has 2 rings (SSSR count). The minimum absolute atomic E-state index is 0.00746. The molecule has 0 saturated carbocycles. The summed E-state index contributed by atoms with van der Waals surface area (Å²) in [7, 11) is -3.35. The topological polar surface area (TPSA) is 75.4 Å². The van der Waals surface area contributed by atoms with Crippen molar-refractivity contribution in [3.05, 3.63) is 35.9 Å². The van der Waals surface area contributed by atoms with E-state index >= 15 is 0 Å². The molecule has 1 aliphatic heterocycles. The molecule has 3 N–H and O–H groups in total. The molecule has 6 heteroatoms. The molecule has 1 fully saturated rings. The molecule has 0 amide bonds. The number of rotatable bonds is 7. The number of nitrogens with zero attached hydrogens (tertiary/aromatic N) is 1. The molecule has 1 aliphatic rings. The lowest BCUT2D eigenvalue weighted by Crippen LogP contribution is -2.37. The first-order valence-electron chi connectivity index (χ1n) is 7.03. The van der Waals surface area contributed by atoms with Crippen LogP contribution in [0.3, 0.4) is 0 Å². The summed E-state index contributed by atoms with van der Waals surface area (Å²) >= 11 is 0. The quantitative estimate of drug-likeness (QED) is 0.753. The highest BCUT2D eigenvalue weighted by atomic mass is 32.2. The Kier molecular flexibility index (Phi) is 5.54. The third-order valence-corrected chi connectivity index (χ3v) is 4.42. The molecule has 0 aliphatic carbocycles. The van der Waals surface area contributed by atoms with Gasteiger partial charge in [-0.2, -0.15) is 0 Å². The van der Waals surface area contributed by atoms with E-state index in [9.17, 15) is 8.42 Å². The molecular formula is C14H23N3O2S. The average molecular weight is 297 g/mol. The van der Waals surface area contributed by atoms with Gasteiger partial charge in [-0.05, 0) is 24.9 Å². The van der Waals surface area contributed by atoms with Crippen LogP contribution in [0.15, 0.2) is 30.3 Å². The zero-order chi connectivity index (χ0) is 14.4. The van der Waals surface area contributed by atoms with Crippen LogP contribution < -0.4 is 10.5 Å². The zero-order valence-electron chi connectivity index (χ0n) is 11.7. The van der Waals surface area contributed by atoms with E-state index in [4.69, 9.17) is 5.14 Å². The molecule has 1 heterocycles. The minimum atomic E-state index is -3.35. The van der Waals surface area contributed by atoms with Crippen LogP contribution in [0.5, 0.6) is 0 Å². The Labute approximate surface area is 121 Å². The van der Waals surface area contributed by atoms with E-state index < -0.39 is 10.0 Å². The fourth-order valence-electron chi connectivity index (χ4n) is 2.54. The molecule has 0 spiro atoms. The summed E-state index contributed by atoms with van der Waals surface area (Å²) < 4.78 is 21.7. The average Bonchev–Trinajstić information content (AvgIpc) is 2.84. The van der Waals surface area contributed by atoms with E-state index in [0.29, 0.717) is 12.6 Å². The summed E-state index contributed by atoms with van der Waals surface area (Å²) in [6.45, 7) is 3.55. The van der Waals surface area contributed by atoms with Gasteiger partial charge in [-0.3, -0.25) is 0 Å². The minimum Gasteiger partial charge on any atom is -0.312 e. The van der Waals surface area contributed by atoms with E-state index in [1.807, 2.05) is 6.07 Å². The second-order valence-electron chi connectivity index (χ2n) is 5.34. The van der Waals surface area contributed by atoms with Gasteiger partial charge in [0.2, 0.25) is 10.0 Å². The number of likely N-dealkylation sites (tertiary alicyclic amines) is 1. The molecule has 0 aromatic heterocycles. The number of primary sulfonamides is 1. The van der Waals surface area contributed by atoms with Crippen molar-refractivity contribution in [1.29, 1.82) is 0 Å². The van der Waals surface area contributed by atoms with Crippen LogP contribution in [-0.4, -0.2) is 51.3 Å². The van der Waals surface area contributed by atoms with Gasteiger partial charge >= 0.3 is 0 Å². The SMILES string of the molecule is NS(=O)(=O)CCNC1CCN(CCc2ccccc2)C1. The second kappa shape index (κ2) is 7.17. The Balaban J connectivity index is 1.65. The smallest absolute Gasteiger partial charge is 0.210 e. The number of hydrogen-bond donors (Lipinski definition) is 2. The van der Waals surface area contributed by atoms with E-state index in [1.165, 1.54) is 5.56 Å². The van der Waals surface area contributed by atoms with Crippen molar-refractivity contribution in [2.75, 3.05) is 31.9 Å². The highest BCUT2D eigenvalue weighted by molar-refractivity contribution is 7.89. The fraction of sp³-hybridized carbons (Fsp3) is 0.571. The number of nitrogens with one attached hydrogen (secondary N) is 1. The summed E-state index contributed by atoms with van der Waals surface area (Å²) in [6.07, 6.45) is 2.13. The van der Waals surface area contributed by atoms with Gasteiger partial charge in [0.05, 0.1) is 5.75 Å². The number of benzene rings is 1. The monoisotopic (exact) mass is 297 g/mol. The summed E-state index contributed by atoms with van der Waals surface area (Å²) in [5, 5.41) is 8.25. The molecule has 0 bridgehead atoms. The Bertz CT molecular complexity index is 504. The van der Waals surface area contributed by atoms with Gasteiger partial charge in [0.25, 0.3) is 0 Å². The summed E-state index contributed by atoms with van der Waals surface area (Å²) in [6, 6.07) is 10.8. The predicted molar refractivity (Wildman–Crippen MR) is 81.0 cm³/mol. The molecule has 20 heavy (non-hydrogen) atoms. The summed E-state index contributed by atoms with van der Waals surface area (Å²) in [4.78, 5) is 2.42. The number of hydrogen-bond acceptors (Lipinski definition) is 4. The second-order valence-corrected chi connectivity index (χ2v) is 7.08. The van der Waals surface area contributed by atoms with Crippen molar-refractivity contribution < 1.29 is 8.42 Å². The fourth-order valence-corrected chi connectivity index (χ4v) is 2.94. The van der Waals surface area contributed by atoms with E-state index in [-0.39, 0.29) is 5.75 Å². The molecule has 5 nitrogen and oxygen atoms in total. The van der Waals surface area contributed by atoms with Crippen molar-refractivity contribution in [2.24, 2.45) is 5.14 Å². The van der Waals surface area contributed by atoms with Gasteiger partial charge in [-0.1, -0.05) is 30.3 Å². The molecule has 1 atom stereocenters. The Morgan fingerprint density at radius 3 is 2.75 bits per heavy atom. The molecule has 1 saturated heterocycles. The lowest BCUT2D eigenvalue weighted by molar-refractivity contribution is 0.332. The first kappa shape index (κ1) is 15.4. The maximum Gasteiger partial charge on any atom is 0.210 e. The van der Waals surface area contributed by atoms with E-state index in [2.05, 4.69) is 34.5 Å². The van der Waals surface area contributed by atoms with Gasteiger partial charge in [0.15, 0.2) is 0 Å². The lowest BCUT2D eigenvalue weighted by Gasteiger charge is -2.16. The zero-order valence-corrected chi connectivity index (χ0v) is 12.5. The highest BCUT2D eigenvalue weighted by Gasteiger charge is 2.21. The molecular weight excluding hydrogens is 274 g/mol. The van der Waals surface area contributed by atoms with Crippen LogP contribution >= 0.6 is 0 Å². The lowest BCUT2D eigenvalue weighted by atomic mass is 10.1. The van der Waals surface area contributed by atoms with E-state index in [0.717, 1.165) is 32.5 Å². The Hall–Kier alpha value is -0.950. The van der Waals surface area contributed by atoms with Crippen molar-refractivity contribution in [3.8, 4) is 0 Å². The molecule has 112 valence electrons. The predicted octanol–water partition coefficient (Wildman–Crippen LogP) is 0.182. The summed E-state index contributed by atoms with van der Waals surface area (Å²) in [5.74, 6) is 0.00746. The van der Waals surface area contributed by atoms with Gasteiger partial charge in [0, 0.05) is 25.7 Å². The molecule has 1 aromatic rings. The number of sulfonamides is 1. The standard InChI is InChI=1S/C14H23N3O2S/c15-20(18,19)11-8-16-14-7-10-17(12-14)9-6-13-4-2-1-3-5-13/h1-5,14,16H,6-12H2,(H2,15,18,19). The van der Waals surface area contributed by atoms with Crippen LogP contribution in [0, 0.1) is 0 Å². The Morgan fingerprint density at radius 1 is 1.30 bits per heavy atom. The largest absolute Gasteiger partial charge is 0.312 e. The van der Waals surface area contributed by atoms with Gasteiger partial charge in [-0.15, -0.1) is 0 Å². The summed E-state index contributed by atoms with van der Waals surface area (Å²) in [5.41, 5.74) is 1.36. The van der Waals surface area contributed by atoms with E-state index in [1.54, 1.807) is 0 Å². The van der Waals surface area contributed by atoms with Crippen LogP contribution in [0.4, 0.5) is 0 Å². The highest BCUT2D eigenvalue weighted by Crippen LogP contribution is 2.10. The maximum atomic E-state index is 10.9. The van der Waals surface area contributed by atoms with Crippen molar-refractivity contribution in [3.63, 3.8) is 0 Å². The van der Waals surface area contributed by atoms with Gasteiger partial charge in [0.1, 0.15) is 0 Å². The van der Waals surface area contributed by atoms with Crippen molar-refractivity contribution >= 4 is 10.0 Å². The number of nitrogens with two attached hydrogens (primary N) is 1. The first-order valence-corrected chi connectivity index (χ1v) is 8.74. The normalized spacial score (nSPS) is 20.4. The third-order valence-electron chi connectivity index (χ3n) is 3.65. The van der Waals surface area contributed by atoms with Crippen molar-refractivity contribution in [1.82, 2.24) is 10.2 Å². The third kappa shape index (κ3) is 5.58. The van der Waals surface area contributed by atoms with Gasteiger partial charge in [-0.25, -0.2) is 13.6 Å². The molecule has 1 aromatic carbocycles. The molecule has 1 unspecified atom stereocenters. The van der Waals surface area contributed by atoms with Crippen LogP contribution in [-0.2, 0) is 16.4 Å². The van der Waals surface area contributed by atoms with Crippen LogP contribution in [0.1, 0.15) is 12.0 Å². The maximum absolute atomic E-state index is 10.9. The van der Waals surface area contributed by atoms with Crippen molar-refractivity contribution in [2.45, 2.75) is 18.9 Å².